The van der Waals surface area contributed by atoms with E-state index in [1.165, 1.54) is 12.1 Å². The van der Waals surface area contributed by atoms with E-state index in [4.69, 9.17) is 11.6 Å². The van der Waals surface area contributed by atoms with Gasteiger partial charge in [-0.25, -0.2) is 22.0 Å². The second kappa shape index (κ2) is 4.81. The molecular weight excluding hydrogens is 287 g/mol. The van der Waals surface area contributed by atoms with Crippen molar-refractivity contribution in [2.75, 3.05) is 0 Å². The number of hydrogen-bond acceptors (Lipinski definition) is 0. The summed E-state index contributed by atoms with van der Waals surface area (Å²) in [6, 6.07) is 4.15. The molecule has 19 heavy (non-hydrogen) atoms. The Morgan fingerprint density at radius 1 is 0.789 bits per heavy atom. The Labute approximate surface area is 110 Å². The molecule has 0 saturated heterocycles. The molecule has 2 aromatic carbocycles. The van der Waals surface area contributed by atoms with Gasteiger partial charge in [0, 0.05) is 5.56 Å². The maximum atomic E-state index is 13.6. The molecular formula is C13H6ClF5. The zero-order valence-electron chi connectivity index (χ0n) is 9.50. The van der Waals surface area contributed by atoms with Gasteiger partial charge in [-0.1, -0.05) is 29.8 Å². The summed E-state index contributed by atoms with van der Waals surface area (Å²) in [4.78, 5) is 0. The van der Waals surface area contributed by atoms with Crippen molar-refractivity contribution in [2.24, 2.45) is 0 Å². The molecule has 0 aliphatic heterocycles. The standard InChI is InChI=1S/C13H6ClF5/c1-5-3-2-4-6(8(5)14)7-9(15)11(17)13(19)12(18)10(7)16/h2-4H,1H3. The van der Waals surface area contributed by atoms with E-state index in [1.54, 1.807) is 13.0 Å². The molecule has 0 unspecified atom stereocenters. The largest absolute Gasteiger partial charge is 0.203 e. The molecule has 0 heterocycles. The zero-order valence-corrected chi connectivity index (χ0v) is 10.3. The van der Waals surface area contributed by atoms with E-state index in [-0.39, 0.29) is 10.6 Å². The number of benzene rings is 2. The molecule has 6 heteroatoms. The minimum absolute atomic E-state index is 0.0642. The highest BCUT2D eigenvalue weighted by Gasteiger charge is 2.27. The van der Waals surface area contributed by atoms with Crippen LogP contribution in [0.15, 0.2) is 18.2 Å². The summed E-state index contributed by atoms with van der Waals surface area (Å²) in [6.45, 7) is 1.55. The summed E-state index contributed by atoms with van der Waals surface area (Å²) < 4.78 is 66.4. The highest BCUT2D eigenvalue weighted by atomic mass is 35.5. The SMILES string of the molecule is Cc1cccc(-c2c(F)c(F)c(F)c(F)c2F)c1Cl. The van der Waals surface area contributed by atoms with Crippen molar-refractivity contribution >= 4 is 11.6 Å². The quantitative estimate of drug-likeness (QED) is 0.394. The van der Waals surface area contributed by atoms with Gasteiger partial charge in [0.05, 0.1) is 10.6 Å². The second-order valence-electron chi connectivity index (χ2n) is 3.88. The predicted molar refractivity (Wildman–Crippen MR) is 61.4 cm³/mol. The summed E-state index contributed by atoms with van der Waals surface area (Å²) in [6.07, 6.45) is 0. The highest BCUT2D eigenvalue weighted by Crippen LogP contribution is 2.36. The first-order chi connectivity index (χ1) is 8.86. The minimum Gasteiger partial charge on any atom is -0.203 e. The molecule has 0 aliphatic carbocycles. The first kappa shape index (κ1) is 13.8. The molecule has 0 nitrogen and oxygen atoms in total. The smallest absolute Gasteiger partial charge is 0.200 e. The predicted octanol–water partition coefficient (Wildman–Crippen LogP) is 5.01. The Morgan fingerprint density at radius 3 is 1.79 bits per heavy atom. The number of hydrogen-bond donors (Lipinski definition) is 0. The first-order valence-electron chi connectivity index (χ1n) is 5.13. The summed E-state index contributed by atoms with van der Waals surface area (Å²) in [5, 5.41) is -0.0642. The monoisotopic (exact) mass is 292 g/mol. The molecule has 2 rings (SSSR count). The Kier molecular flexibility index (Phi) is 3.49. The molecule has 0 radical (unpaired) electrons. The molecule has 0 bridgehead atoms. The van der Waals surface area contributed by atoms with Crippen LogP contribution in [0.5, 0.6) is 0 Å². The fraction of sp³-hybridized carbons (Fsp3) is 0.0769. The van der Waals surface area contributed by atoms with Gasteiger partial charge in [-0.2, -0.15) is 0 Å². The third kappa shape index (κ3) is 2.08. The summed E-state index contributed by atoms with van der Waals surface area (Å²) >= 11 is 5.84. The van der Waals surface area contributed by atoms with Crippen LogP contribution in [0.4, 0.5) is 22.0 Å². The molecule has 0 fully saturated rings. The average molecular weight is 293 g/mol. The third-order valence-corrected chi connectivity index (χ3v) is 3.17. The van der Waals surface area contributed by atoms with Crippen molar-refractivity contribution in [2.45, 2.75) is 6.92 Å². The lowest BCUT2D eigenvalue weighted by molar-refractivity contribution is 0.381. The lowest BCUT2D eigenvalue weighted by atomic mass is 10.0. The maximum absolute atomic E-state index is 13.6. The first-order valence-corrected chi connectivity index (χ1v) is 5.51. The molecule has 100 valence electrons. The Balaban J connectivity index is 2.87. The molecule has 0 aliphatic rings. The molecule has 2 aromatic rings. The highest BCUT2D eigenvalue weighted by molar-refractivity contribution is 6.34. The van der Waals surface area contributed by atoms with Crippen molar-refractivity contribution in [1.82, 2.24) is 0 Å². The topological polar surface area (TPSA) is 0 Å². The van der Waals surface area contributed by atoms with Crippen LogP contribution in [0.1, 0.15) is 5.56 Å². The van der Waals surface area contributed by atoms with E-state index in [0.29, 0.717) is 5.56 Å². The van der Waals surface area contributed by atoms with Crippen LogP contribution in [0.2, 0.25) is 5.02 Å². The molecule has 0 atom stereocenters. The van der Waals surface area contributed by atoms with E-state index >= 15 is 0 Å². The van der Waals surface area contributed by atoms with Crippen LogP contribution < -0.4 is 0 Å². The molecule has 0 aromatic heterocycles. The summed E-state index contributed by atoms with van der Waals surface area (Å²) in [7, 11) is 0. The van der Waals surface area contributed by atoms with Gasteiger partial charge in [0.2, 0.25) is 5.82 Å². The Morgan fingerprint density at radius 2 is 1.26 bits per heavy atom. The summed E-state index contributed by atoms with van der Waals surface area (Å²) in [5.41, 5.74) is -0.803. The van der Waals surface area contributed by atoms with Crippen molar-refractivity contribution in [3.05, 3.63) is 57.9 Å². The van der Waals surface area contributed by atoms with Crippen LogP contribution in [0.3, 0.4) is 0 Å². The minimum atomic E-state index is -2.19. The number of halogens is 6. The molecule has 0 spiro atoms. The zero-order chi connectivity index (χ0) is 14.3. The lowest BCUT2D eigenvalue weighted by Crippen LogP contribution is -2.04. The van der Waals surface area contributed by atoms with Crippen LogP contribution in [-0.2, 0) is 0 Å². The van der Waals surface area contributed by atoms with E-state index in [2.05, 4.69) is 0 Å². The van der Waals surface area contributed by atoms with E-state index in [9.17, 15) is 22.0 Å². The van der Waals surface area contributed by atoms with Gasteiger partial charge in [0.15, 0.2) is 23.3 Å². The van der Waals surface area contributed by atoms with Crippen molar-refractivity contribution in [1.29, 1.82) is 0 Å². The Bertz CT molecular complexity index is 638. The van der Waals surface area contributed by atoms with Crippen LogP contribution in [-0.4, -0.2) is 0 Å². The third-order valence-electron chi connectivity index (χ3n) is 2.67. The fourth-order valence-corrected chi connectivity index (χ4v) is 1.90. The van der Waals surface area contributed by atoms with Gasteiger partial charge in [-0.15, -0.1) is 0 Å². The number of aryl methyl sites for hydroxylation is 1. The van der Waals surface area contributed by atoms with Gasteiger partial charge < -0.3 is 0 Å². The van der Waals surface area contributed by atoms with Gasteiger partial charge in [-0.05, 0) is 12.5 Å². The molecule has 0 saturated carbocycles. The average Bonchev–Trinajstić information content (AvgIpc) is 2.39. The fourth-order valence-electron chi connectivity index (χ4n) is 1.68. The van der Waals surface area contributed by atoms with Crippen LogP contribution in [0.25, 0.3) is 11.1 Å². The van der Waals surface area contributed by atoms with E-state index < -0.39 is 34.6 Å². The van der Waals surface area contributed by atoms with Gasteiger partial charge in [0.25, 0.3) is 0 Å². The van der Waals surface area contributed by atoms with Gasteiger partial charge in [-0.3, -0.25) is 0 Å². The van der Waals surface area contributed by atoms with E-state index in [0.717, 1.165) is 0 Å². The van der Waals surface area contributed by atoms with Crippen LogP contribution >= 0.6 is 11.6 Å². The number of rotatable bonds is 1. The Hall–Kier alpha value is -1.62. The maximum Gasteiger partial charge on any atom is 0.200 e. The van der Waals surface area contributed by atoms with Gasteiger partial charge in [0.1, 0.15) is 0 Å². The van der Waals surface area contributed by atoms with Crippen molar-refractivity contribution in [3.63, 3.8) is 0 Å². The molecule has 0 amide bonds. The van der Waals surface area contributed by atoms with Gasteiger partial charge >= 0.3 is 0 Å². The van der Waals surface area contributed by atoms with Crippen molar-refractivity contribution < 1.29 is 22.0 Å². The second-order valence-corrected chi connectivity index (χ2v) is 4.26. The van der Waals surface area contributed by atoms with Crippen LogP contribution in [0, 0.1) is 36.0 Å². The molecule has 0 N–H and O–H groups in total. The normalized spacial score (nSPS) is 10.9. The lowest BCUT2D eigenvalue weighted by Gasteiger charge is -2.11. The van der Waals surface area contributed by atoms with E-state index in [1.807, 2.05) is 0 Å². The van der Waals surface area contributed by atoms with Crippen molar-refractivity contribution in [3.8, 4) is 11.1 Å². The summed E-state index contributed by atoms with van der Waals surface area (Å²) in [5.74, 6) is -9.98.